The minimum Gasteiger partial charge on any atom is -0.289 e. The van der Waals surface area contributed by atoms with Gasteiger partial charge in [0, 0.05) is 0 Å². The SMILES string of the molecule is CC=C(C)c1n[nH]c(=O)[nH]1. The molecule has 0 aliphatic heterocycles. The molecule has 0 atom stereocenters. The van der Waals surface area contributed by atoms with Crippen molar-refractivity contribution in [2.75, 3.05) is 0 Å². The number of nitrogens with one attached hydrogen (secondary N) is 2. The lowest BCUT2D eigenvalue weighted by atomic mass is 10.3. The molecular formula is C6H9N3O. The zero-order valence-electron chi connectivity index (χ0n) is 5.93. The van der Waals surface area contributed by atoms with Crippen molar-refractivity contribution in [1.29, 1.82) is 0 Å². The average molecular weight is 139 g/mol. The summed E-state index contributed by atoms with van der Waals surface area (Å²) in [4.78, 5) is 13.0. The van der Waals surface area contributed by atoms with E-state index in [1.165, 1.54) is 0 Å². The molecule has 2 N–H and O–H groups in total. The Kier molecular flexibility index (Phi) is 1.71. The Hall–Kier alpha value is -1.32. The molecule has 4 nitrogen and oxygen atoms in total. The van der Waals surface area contributed by atoms with Crippen molar-refractivity contribution in [2.45, 2.75) is 13.8 Å². The minimum absolute atomic E-state index is 0.267. The van der Waals surface area contributed by atoms with Gasteiger partial charge in [0.05, 0.1) is 0 Å². The maximum Gasteiger partial charge on any atom is 0.340 e. The van der Waals surface area contributed by atoms with Crippen LogP contribution in [0.25, 0.3) is 5.57 Å². The molecule has 1 rings (SSSR count). The largest absolute Gasteiger partial charge is 0.340 e. The summed E-state index contributed by atoms with van der Waals surface area (Å²) in [5.74, 6) is 0.604. The average Bonchev–Trinajstić information content (AvgIpc) is 2.34. The molecule has 0 aliphatic carbocycles. The molecule has 1 aromatic rings. The summed E-state index contributed by atoms with van der Waals surface area (Å²) in [6.07, 6.45) is 1.88. The quantitative estimate of drug-likeness (QED) is 0.595. The summed E-state index contributed by atoms with van der Waals surface area (Å²) in [5.41, 5.74) is 0.689. The third kappa shape index (κ3) is 1.15. The zero-order chi connectivity index (χ0) is 7.56. The van der Waals surface area contributed by atoms with Crippen LogP contribution >= 0.6 is 0 Å². The number of aromatic nitrogens is 3. The van der Waals surface area contributed by atoms with Gasteiger partial charge < -0.3 is 0 Å². The number of hydrogen-bond donors (Lipinski definition) is 2. The number of allylic oxidation sites excluding steroid dienone is 2. The van der Waals surface area contributed by atoms with Crippen molar-refractivity contribution in [1.82, 2.24) is 15.2 Å². The van der Waals surface area contributed by atoms with E-state index in [-0.39, 0.29) is 5.69 Å². The van der Waals surface area contributed by atoms with Gasteiger partial charge in [0.25, 0.3) is 0 Å². The van der Waals surface area contributed by atoms with Crippen molar-refractivity contribution >= 4 is 5.57 Å². The molecule has 0 spiro atoms. The molecule has 0 aromatic carbocycles. The van der Waals surface area contributed by atoms with E-state index >= 15 is 0 Å². The summed E-state index contributed by atoms with van der Waals surface area (Å²) < 4.78 is 0. The predicted molar refractivity (Wildman–Crippen MR) is 38.5 cm³/mol. The third-order valence-corrected chi connectivity index (χ3v) is 1.31. The Morgan fingerprint density at radius 2 is 2.40 bits per heavy atom. The summed E-state index contributed by atoms with van der Waals surface area (Å²) in [5, 5.41) is 6.01. The van der Waals surface area contributed by atoms with Crippen LogP contribution in [0.15, 0.2) is 10.9 Å². The molecule has 0 fully saturated rings. The Morgan fingerprint density at radius 3 is 2.80 bits per heavy atom. The van der Waals surface area contributed by atoms with E-state index < -0.39 is 0 Å². The highest BCUT2D eigenvalue weighted by Crippen LogP contribution is 2.02. The van der Waals surface area contributed by atoms with Crippen molar-refractivity contribution < 1.29 is 0 Å². The van der Waals surface area contributed by atoms with Crippen molar-refractivity contribution in [2.24, 2.45) is 0 Å². The lowest BCUT2D eigenvalue weighted by Gasteiger charge is -1.88. The Labute approximate surface area is 58.0 Å². The smallest absolute Gasteiger partial charge is 0.289 e. The van der Waals surface area contributed by atoms with Gasteiger partial charge in [-0.2, -0.15) is 5.10 Å². The van der Waals surface area contributed by atoms with Gasteiger partial charge in [0.2, 0.25) is 0 Å². The molecule has 54 valence electrons. The minimum atomic E-state index is -0.267. The van der Waals surface area contributed by atoms with E-state index in [1.54, 1.807) is 0 Å². The maximum absolute atomic E-state index is 10.5. The van der Waals surface area contributed by atoms with Crippen LogP contribution in [0.2, 0.25) is 0 Å². The second-order valence-electron chi connectivity index (χ2n) is 2.00. The Balaban J connectivity index is 3.07. The van der Waals surface area contributed by atoms with E-state index in [2.05, 4.69) is 15.2 Å². The van der Waals surface area contributed by atoms with Crippen LogP contribution in [0.1, 0.15) is 19.7 Å². The summed E-state index contributed by atoms with van der Waals surface area (Å²) in [6.45, 7) is 3.77. The van der Waals surface area contributed by atoms with Crippen LogP contribution in [-0.4, -0.2) is 15.2 Å². The Morgan fingerprint density at radius 1 is 1.70 bits per heavy atom. The van der Waals surface area contributed by atoms with Crippen molar-refractivity contribution in [3.63, 3.8) is 0 Å². The van der Waals surface area contributed by atoms with E-state index in [9.17, 15) is 4.79 Å². The second-order valence-corrected chi connectivity index (χ2v) is 2.00. The molecule has 0 amide bonds. The first kappa shape index (κ1) is 6.80. The molecule has 4 heteroatoms. The van der Waals surface area contributed by atoms with Gasteiger partial charge in [0.1, 0.15) is 0 Å². The van der Waals surface area contributed by atoms with E-state index in [0.29, 0.717) is 5.82 Å². The number of aromatic amines is 2. The third-order valence-electron chi connectivity index (χ3n) is 1.31. The van der Waals surface area contributed by atoms with E-state index in [0.717, 1.165) is 5.57 Å². The number of hydrogen-bond acceptors (Lipinski definition) is 2. The standard InChI is InChI=1S/C6H9N3O/c1-3-4(2)5-7-6(10)9-8-5/h3H,1-2H3,(H2,7,8,9,10). The highest BCUT2D eigenvalue weighted by molar-refractivity contribution is 5.55. The maximum atomic E-state index is 10.5. The summed E-state index contributed by atoms with van der Waals surface area (Å²) in [7, 11) is 0. The first-order valence-electron chi connectivity index (χ1n) is 3.02. The van der Waals surface area contributed by atoms with Crippen LogP contribution in [0.5, 0.6) is 0 Å². The molecule has 1 aromatic heterocycles. The number of nitrogens with zero attached hydrogens (tertiary/aromatic N) is 1. The normalized spacial score (nSPS) is 12.0. The molecule has 0 saturated carbocycles. The van der Waals surface area contributed by atoms with Gasteiger partial charge >= 0.3 is 5.69 Å². The summed E-state index contributed by atoms with van der Waals surface area (Å²) in [6, 6.07) is 0. The van der Waals surface area contributed by atoms with Gasteiger partial charge in [-0.1, -0.05) is 6.08 Å². The number of rotatable bonds is 1. The monoisotopic (exact) mass is 139 g/mol. The van der Waals surface area contributed by atoms with Crippen molar-refractivity contribution in [3.8, 4) is 0 Å². The number of H-pyrrole nitrogens is 2. The van der Waals surface area contributed by atoms with Gasteiger partial charge in [-0.3, -0.25) is 4.98 Å². The second kappa shape index (κ2) is 2.51. The fourth-order valence-electron chi connectivity index (χ4n) is 0.594. The highest BCUT2D eigenvalue weighted by atomic mass is 16.1. The Bertz CT molecular complexity index is 294. The van der Waals surface area contributed by atoms with Gasteiger partial charge in [-0.25, -0.2) is 9.89 Å². The van der Waals surface area contributed by atoms with Crippen LogP contribution in [0, 0.1) is 0 Å². The fourth-order valence-corrected chi connectivity index (χ4v) is 0.594. The lowest BCUT2D eigenvalue weighted by Crippen LogP contribution is -2.00. The molecule has 1 heterocycles. The molecule has 0 aliphatic rings. The van der Waals surface area contributed by atoms with Crippen LogP contribution in [-0.2, 0) is 0 Å². The molecule has 0 unspecified atom stereocenters. The summed E-state index contributed by atoms with van der Waals surface area (Å²) >= 11 is 0. The van der Waals surface area contributed by atoms with Gasteiger partial charge in [-0.05, 0) is 19.4 Å². The lowest BCUT2D eigenvalue weighted by molar-refractivity contribution is 1.04. The van der Waals surface area contributed by atoms with E-state index in [1.807, 2.05) is 19.9 Å². The van der Waals surface area contributed by atoms with Crippen LogP contribution in [0.3, 0.4) is 0 Å². The van der Waals surface area contributed by atoms with Gasteiger partial charge in [-0.15, -0.1) is 0 Å². The first-order chi connectivity index (χ1) is 4.74. The zero-order valence-corrected chi connectivity index (χ0v) is 5.93. The van der Waals surface area contributed by atoms with E-state index in [4.69, 9.17) is 0 Å². The topological polar surface area (TPSA) is 61.5 Å². The molecule has 0 radical (unpaired) electrons. The first-order valence-corrected chi connectivity index (χ1v) is 3.02. The highest BCUT2D eigenvalue weighted by Gasteiger charge is 1.96. The fraction of sp³-hybridized carbons (Fsp3) is 0.333. The van der Waals surface area contributed by atoms with Crippen LogP contribution < -0.4 is 5.69 Å². The molecule has 10 heavy (non-hydrogen) atoms. The van der Waals surface area contributed by atoms with Crippen molar-refractivity contribution in [3.05, 3.63) is 22.4 Å². The molecule has 0 saturated heterocycles. The van der Waals surface area contributed by atoms with Gasteiger partial charge in [0.15, 0.2) is 5.82 Å². The molecule has 0 bridgehead atoms. The predicted octanol–water partition coefficient (Wildman–Crippen LogP) is 0.521. The molecular weight excluding hydrogens is 130 g/mol. The van der Waals surface area contributed by atoms with Crippen LogP contribution in [0.4, 0.5) is 0 Å².